The van der Waals surface area contributed by atoms with E-state index in [1.807, 2.05) is 6.07 Å². The standard InChI is InChI=1S/C7H8N4S2/c8-7(12)11-13-5-10-6-2-1-3-9-4-6/h1-4,13H,(H3,8,11,12). The highest BCUT2D eigenvalue weighted by Crippen LogP contribution is 2.05. The molecule has 0 amide bonds. The van der Waals surface area contributed by atoms with Gasteiger partial charge >= 0.3 is 0 Å². The monoisotopic (exact) mass is 212 g/mol. The number of nitrogens with two attached hydrogens (primary N) is 1. The molecule has 0 spiro atoms. The molecule has 0 radical (unpaired) electrons. The van der Waals surface area contributed by atoms with Gasteiger partial charge in [-0.05, 0) is 35.9 Å². The molecular weight excluding hydrogens is 204 g/mol. The number of nitrogens with one attached hydrogen (secondary N) is 1. The van der Waals surface area contributed by atoms with Crippen LogP contribution in [0.25, 0.3) is 0 Å². The lowest BCUT2D eigenvalue weighted by atomic mass is 10.4. The number of aromatic nitrogens is 1. The molecule has 0 fully saturated rings. The van der Waals surface area contributed by atoms with Crippen LogP contribution in [0.2, 0.25) is 0 Å². The minimum Gasteiger partial charge on any atom is -0.376 e. The van der Waals surface area contributed by atoms with Gasteiger partial charge in [0.1, 0.15) is 0 Å². The van der Waals surface area contributed by atoms with E-state index < -0.39 is 0 Å². The fourth-order valence-corrected chi connectivity index (χ4v) is 1.05. The van der Waals surface area contributed by atoms with Crippen molar-refractivity contribution in [2.75, 3.05) is 0 Å². The molecule has 13 heavy (non-hydrogen) atoms. The fraction of sp³-hybridized carbons (Fsp3) is 0. The molecule has 0 aliphatic heterocycles. The van der Waals surface area contributed by atoms with Gasteiger partial charge in [-0.25, -0.2) is 0 Å². The van der Waals surface area contributed by atoms with Gasteiger partial charge in [-0.2, -0.15) is 4.99 Å². The van der Waals surface area contributed by atoms with E-state index in [1.165, 1.54) is 0 Å². The van der Waals surface area contributed by atoms with Crippen molar-refractivity contribution in [3.63, 3.8) is 0 Å². The van der Waals surface area contributed by atoms with Gasteiger partial charge in [-0.1, -0.05) is 0 Å². The lowest BCUT2D eigenvalue weighted by Crippen LogP contribution is -2.20. The molecule has 0 bridgehead atoms. The minimum atomic E-state index is 0.232. The molecular formula is C7H8N4S2. The van der Waals surface area contributed by atoms with E-state index in [1.54, 1.807) is 18.5 Å². The molecule has 68 valence electrons. The van der Waals surface area contributed by atoms with Crippen LogP contribution in [0, 0.1) is 0 Å². The Morgan fingerprint density at radius 3 is 3.23 bits per heavy atom. The first-order valence-corrected chi connectivity index (χ1v) is 4.70. The number of hydrogen-bond acceptors (Lipinski definition) is 3. The van der Waals surface area contributed by atoms with Gasteiger partial charge in [0.25, 0.3) is 0 Å². The Morgan fingerprint density at radius 1 is 1.77 bits per heavy atom. The molecule has 0 aliphatic rings. The molecule has 3 N–H and O–H groups in total. The molecule has 0 saturated heterocycles. The van der Waals surface area contributed by atoms with Crippen LogP contribution in [0.3, 0.4) is 0 Å². The first-order valence-electron chi connectivity index (χ1n) is 3.40. The number of rotatable bonds is 2. The van der Waals surface area contributed by atoms with Gasteiger partial charge in [0.05, 0.1) is 11.9 Å². The van der Waals surface area contributed by atoms with Crippen molar-refractivity contribution in [3.8, 4) is 0 Å². The topological polar surface area (TPSA) is 63.3 Å². The van der Waals surface area contributed by atoms with Gasteiger partial charge in [0, 0.05) is 11.4 Å². The summed E-state index contributed by atoms with van der Waals surface area (Å²) in [5, 5.41) is 2.94. The van der Waals surface area contributed by atoms with Crippen molar-refractivity contribution in [2.45, 2.75) is 0 Å². The second-order valence-electron chi connectivity index (χ2n) is 2.01. The average molecular weight is 212 g/mol. The van der Waals surface area contributed by atoms with Crippen LogP contribution in [0.4, 0.5) is 5.69 Å². The summed E-state index contributed by atoms with van der Waals surface area (Å²) in [6, 6.07) is 3.63. The molecule has 0 aliphatic carbocycles. The average Bonchev–Trinajstić information content (AvgIpc) is 2.14. The summed E-state index contributed by atoms with van der Waals surface area (Å²) in [5.74, 6) is 0. The Labute approximate surface area is 85.0 Å². The van der Waals surface area contributed by atoms with Crippen LogP contribution >= 0.6 is 23.8 Å². The van der Waals surface area contributed by atoms with Gasteiger partial charge in [0.15, 0.2) is 5.11 Å². The summed E-state index contributed by atoms with van der Waals surface area (Å²) >= 11 is 5.23. The molecule has 0 atom stereocenters. The Balaban J connectivity index is 2.59. The molecule has 6 heteroatoms. The van der Waals surface area contributed by atoms with E-state index >= 15 is 0 Å². The summed E-state index contributed by atoms with van der Waals surface area (Å²) in [5.41, 5.74) is 5.94. The zero-order valence-electron chi connectivity index (χ0n) is 6.64. The highest BCUT2D eigenvalue weighted by Gasteiger charge is 1.81. The number of nitrogens with zero attached hydrogens (tertiary/aromatic N) is 2. The van der Waals surface area contributed by atoms with Crippen molar-refractivity contribution in [3.05, 3.63) is 24.5 Å². The molecule has 1 aromatic rings. The summed E-state index contributed by atoms with van der Waals surface area (Å²) in [6.07, 6.45) is 3.33. The molecule has 0 saturated carbocycles. The van der Waals surface area contributed by atoms with Crippen LogP contribution in [-0.2, 0) is 0 Å². The van der Waals surface area contributed by atoms with Crippen molar-refractivity contribution in [2.24, 2.45) is 10.7 Å². The number of isothiocyanates is 1. The highest BCUT2D eigenvalue weighted by atomic mass is 32.1. The Morgan fingerprint density at radius 2 is 2.62 bits per heavy atom. The third-order valence-electron chi connectivity index (χ3n) is 1.04. The third-order valence-corrected chi connectivity index (χ3v) is 1.85. The van der Waals surface area contributed by atoms with Crippen molar-refractivity contribution < 1.29 is 0 Å². The summed E-state index contributed by atoms with van der Waals surface area (Å²) in [6.45, 7) is 0. The molecule has 1 rings (SSSR count). The largest absolute Gasteiger partial charge is 0.376 e. The zero-order chi connectivity index (χ0) is 9.52. The number of aliphatic imine (C=N–C) groups is 1. The van der Waals surface area contributed by atoms with Gasteiger partial charge in [-0.3, -0.25) is 4.98 Å². The van der Waals surface area contributed by atoms with Crippen LogP contribution in [0.5, 0.6) is 0 Å². The maximum absolute atomic E-state index is 5.19. The Kier molecular flexibility index (Phi) is 4.11. The van der Waals surface area contributed by atoms with Crippen LogP contribution < -0.4 is 10.5 Å². The summed E-state index contributed by atoms with van der Waals surface area (Å²) in [4.78, 5) is 7.87. The number of thiocarbonyl (C=S) groups is 1. The quantitative estimate of drug-likeness (QED) is 0.386. The van der Waals surface area contributed by atoms with E-state index in [0.717, 1.165) is 5.69 Å². The fourth-order valence-electron chi connectivity index (χ4n) is 0.583. The maximum atomic E-state index is 5.19. The third kappa shape index (κ3) is 4.37. The lowest BCUT2D eigenvalue weighted by Gasteiger charge is -1.89. The van der Waals surface area contributed by atoms with Gasteiger partial charge in [0.2, 0.25) is 0 Å². The molecule has 0 aromatic carbocycles. The van der Waals surface area contributed by atoms with Gasteiger partial charge in [-0.15, -0.1) is 0 Å². The van der Waals surface area contributed by atoms with Crippen molar-refractivity contribution in [1.29, 1.82) is 0 Å². The zero-order valence-corrected chi connectivity index (χ0v) is 8.35. The number of hydrogen-bond donors (Lipinski definition) is 3. The van der Waals surface area contributed by atoms with E-state index in [0.29, 0.717) is 11.5 Å². The summed E-state index contributed by atoms with van der Waals surface area (Å²) < 4.78 is 2.67. The Hall–Kier alpha value is -1.23. The summed E-state index contributed by atoms with van der Waals surface area (Å²) in [7, 11) is 0. The smallest absolute Gasteiger partial charge is 0.173 e. The van der Waals surface area contributed by atoms with E-state index in [4.69, 9.17) is 5.73 Å². The normalized spacial score (nSPS) is 8.62. The molecule has 4 nitrogen and oxygen atoms in total. The van der Waals surface area contributed by atoms with E-state index in [-0.39, 0.29) is 5.11 Å². The van der Waals surface area contributed by atoms with Crippen LogP contribution in [0.15, 0.2) is 29.5 Å². The second kappa shape index (κ2) is 5.42. The van der Waals surface area contributed by atoms with Crippen molar-refractivity contribution >= 4 is 39.7 Å². The predicted octanol–water partition coefficient (Wildman–Crippen LogP) is 0.832. The first-order chi connectivity index (χ1) is 6.29. The lowest BCUT2D eigenvalue weighted by molar-refractivity contribution is 1.31. The number of thiol groups is 1. The molecule has 1 aromatic heterocycles. The molecule has 0 unspecified atom stereocenters. The number of pyridine rings is 1. The Bertz CT molecular complexity index is 343. The van der Waals surface area contributed by atoms with Gasteiger partial charge < -0.3 is 10.5 Å². The van der Waals surface area contributed by atoms with E-state index in [2.05, 4.69) is 32.1 Å². The van der Waals surface area contributed by atoms with E-state index in [9.17, 15) is 0 Å². The van der Waals surface area contributed by atoms with Crippen LogP contribution in [-0.4, -0.2) is 15.3 Å². The SMILES string of the molecule is NC(=S)N[SH]=C=Nc1cccnc1. The predicted molar refractivity (Wildman–Crippen MR) is 60.2 cm³/mol. The first kappa shape index (κ1) is 9.85. The van der Waals surface area contributed by atoms with Crippen molar-refractivity contribution in [1.82, 2.24) is 9.71 Å². The molecule has 1 heterocycles. The minimum absolute atomic E-state index is 0.232. The second-order valence-corrected chi connectivity index (χ2v) is 3.10. The highest BCUT2D eigenvalue weighted by molar-refractivity contribution is 7.96. The van der Waals surface area contributed by atoms with Crippen LogP contribution in [0.1, 0.15) is 0 Å². The maximum Gasteiger partial charge on any atom is 0.173 e.